The molecule has 2 aromatic rings. The van der Waals surface area contributed by atoms with Gasteiger partial charge in [0.2, 0.25) is 11.8 Å². The number of aliphatic hydroxyl groups is 1. The highest BCUT2D eigenvalue weighted by Crippen LogP contribution is 2.57. The van der Waals surface area contributed by atoms with Crippen LogP contribution in [0.25, 0.3) is 0 Å². The summed E-state index contributed by atoms with van der Waals surface area (Å²) >= 11 is 0. The zero-order chi connectivity index (χ0) is 26.6. The van der Waals surface area contributed by atoms with E-state index in [0.29, 0.717) is 49.6 Å². The number of benzene rings is 1. The lowest BCUT2D eigenvalue weighted by atomic mass is 9.85. The highest BCUT2D eigenvalue weighted by atomic mass is 16.3. The summed E-state index contributed by atoms with van der Waals surface area (Å²) in [6.07, 6.45) is 3.91. The fourth-order valence-corrected chi connectivity index (χ4v) is 6.77. The van der Waals surface area contributed by atoms with Crippen LogP contribution in [0.15, 0.2) is 18.2 Å². The molecule has 9 nitrogen and oxygen atoms in total. The Morgan fingerprint density at radius 3 is 2.34 bits per heavy atom. The minimum absolute atomic E-state index is 0.0745. The van der Waals surface area contributed by atoms with Gasteiger partial charge in [0.15, 0.2) is 5.69 Å². The van der Waals surface area contributed by atoms with Crippen LogP contribution in [0.4, 0.5) is 0 Å². The van der Waals surface area contributed by atoms with Crippen molar-refractivity contribution in [2.75, 3.05) is 45.9 Å². The van der Waals surface area contributed by atoms with E-state index in [-0.39, 0.29) is 24.3 Å². The number of rotatable bonds is 5. The average Bonchev–Trinajstić information content (AvgIpc) is 3.47. The van der Waals surface area contributed by atoms with Crippen LogP contribution in [0, 0.1) is 19.8 Å². The molecule has 3 fully saturated rings. The molecule has 1 N–H and O–H groups in total. The van der Waals surface area contributed by atoms with Crippen molar-refractivity contribution < 1.29 is 19.5 Å². The van der Waals surface area contributed by atoms with E-state index in [4.69, 9.17) is 10.2 Å². The van der Waals surface area contributed by atoms with Crippen LogP contribution >= 0.6 is 0 Å². The molecular weight excluding hydrogens is 482 g/mol. The maximum Gasteiger partial charge on any atom is 0.274 e. The molecule has 202 valence electrons. The third-order valence-corrected chi connectivity index (χ3v) is 9.32. The first-order valence-corrected chi connectivity index (χ1v) is 14.0. The first-order valence-electron chi connectivity index (χ1n) is 14.0. The molecule has 0 radical (unpaired) electrons. The Hall–Kier alpha value is -3.20. The van der Waals surface area contributed by atoms with E-state index in [1.165, 1.54) is 16.7 Å². The molecule has 2 aliphatic carbocycles. The molecule has 0 bridgehead atoms. The number of hydrogen-bond acceptors (Lipinski definition) is 5. The SMILES string of the molecule is Cc1cccc(C2CCN(C(=O)Cn3nc(C(=O)N4CCN(C(=O)CO)CC4)c4c3C[C@H]3C[C@@H]43)CC2)c1C. The summed E-state index contributed by atoms with van der Waals surface area (Å²) in [4.78, 5) is 43.9. The number of aromatic nitrogens is 2. The average molecular weight is 520 g/mol. The van der Waals surface area contributed by atoms with Crippen molar-refractivity contribution >= 4 is 17.7 Å². The largest absolute Gasteiger partial charge is 0.387 e. The van der Waals surface area contributed by atoms with Gasteiger partial charge in [0.05, 0.1) is 0 Å². The lowest BCUT2D eigenvalue weighted by molar-refractivity contribution is -0.135. The van der Waals surface area contributed by atoms with Crippen molar-refractivity contribution in [3.63, 3.8) is 0 Å². The molecule has 1 aromatic heterocycles. The number of fused-ring (bicyclic) bond motifs is 3. The standard InChI is InChI=1S/C29H37N5O4/c1-18-4-3-5-22(19(18)2)20-6-8-31(9-7-20)25(36)16-34-24-15-21-14-23(21)27(24)28(30-34)29(38)33-12-10-32(11-13-33)26(37)17-35/h3-5,20-21,23,35H,6-17H2,1-2H3/t21-,23-/m1/s1. The lowest BCUT2D eigenvalue weighted by Crippen LogP contribution is -2.51. The van der Waals surface area contributed by atoms with Gasteiger partial charge in [-0.2, -0.15) is 5.10 Å². The smallest absolute Gasteiger partial charge is 0.274 e. The van der Waals surface area contributed by atoms with Crippen molar-refractivity contribution in [1.29, 1.82) is 0 Å². The summed E-state index contributed by atoms with van der Waals surface area (Å²) in [5.74, 6) is 1.11. The molecule has 2 aliphatic heterocycles. The summed E-state index contributed by atoms with van der Waals surface area (Å²) in [6, 6.07) is 6.51. The molecule has 0 spiro atoms. The van der Waals surface area contributed by atoms with Crippen molar-refractivity contribution in [2.24, 2.45) is 5.92 Å². The van der Waals surface area contributed by atoms with Crippen LogP contribution in [-0.4, -0.2) is 93.2 Å². The highest BCUT2D eigenvalue weighted by molar-refractivity contribution is 5.95. The second kappa shape index (κ2) is 9.84. The molecule has 2 saturated heterocycles. The summed E-state index contributed by atoms with van der Waals surface area (Å²) < 4.78 is 1.80. The Kier molecular flexibility index (Phi) is 6.50. The topological polar surface area (TPSA) is 99.0 Å². The number of likely N-dealkylation sites (tertiary alicyclic amines) is 1. The minimum atomic E-state index is -0.508. The second-order valence-electron chi connectivity index (χ2n) is 11.4. The van der Waals surface area contributed by atoms with E-state index < -0.39 is 6.61 Å². The Balaban J connectivity index is 1.12. The summed E-state index contributed by atoms with van der Waals surface area (Å²) in [6.45, 7) is 7.19. The van der Waals surface area contributed by atoms with Gasteiger partial charge in [0, 0.05) is 50.5 Å². The Bertz CT molecular complexity index is 1270. The normalized spacial score (nSPS) is 22.9. The van der Waals surface area contributed by atoms with E-state index in [2.05, 4.69) is 32.0 Å². The number of amides is 3. The van der Waals surface area contributed by atoms with Crippen LogP contribution in [0.2, 0.25) is 0 Å². The van der Waals surface area contributed by atoms with Crippen LogP contribution in [0.5, 0.6) is 0 Å². The van der Waals surface area contributed by atoms with Gasteiger partial charge in [-0.25, -0.2) is 0 Å². The first-order chi connectivity index (χ1) is 18.4. The zero-order valence-electron chi connectivity index (χ0n) is 22.4. The molecule has 6 rings (SSSR count). The lowest BCUT2D eigenvalue weighted by Gasteiger charge is -2.34. The number of aliphatic hydroxyl groups excluding tert-OH is 1. The number of piperidine rings is 1. The zero-order valence-corrected chi connectivity index (χ0v) is 22.4. The van der Waals surface area contributed by atoms with Gasteiger partial charge in [-0.3, -0.25) is 19.1 Å². The maximum atomic E-state index is 13.5. The summed E-state index contributed by atoms with van der Waals surface area (Å²) in [5.41, 5.74) is 6.69. The molecule has 2 atom stereocenters. The van der Waals surface area contributed by atoms with E-state index in [1.807, 2.05) is 4.90 Å². The number of piperazine rings is 1. The van der Waals surface area contributed by atoms with Crippen molar-refractivity contribution in [1.82, 2.24) is 24.5 Å². The monoisotopic (exact) mass is 519 g/mol. The van der Waals surface area contributed by atoms with Gasteiger partial charge in [0.1, 0.15) is 13.2 Å². The van der Waals surface area contributed by atoms with E-state index >= 15 is 0 Å². The molecule has 1 saturated carbocycles. The minimum Gasteiger partial charge on any atom is -0.387 e. The van der Waals surface area contributed by atoms with Crippen molar-refractivity contribution in [3.05, 3.63) is 51.8 Å². The van der Waals surface area contributed by atoms with Gasteiger partial charge < -0.3 is 19.8 Å². The summed E-state index contributed by atoms with van der Waals surface area (Å²) in [7, 11) is 0. The third kappa shape index (κ3) is 4.40. The van der Waals surface area contributed by atoms with Crippen LogP contribution in [0.3, 0.4) is 0 Å². The molecule has 38 heavy (non-hydrogen) atoms. The van der Waals surface area contributed by atoms with Gasteiger partial charge in [-0.05, 0) is 74.0 Å². The fourth-order valence-electron chi connectivity index (χ4n) is 6.77. The van der Waals surface area contributed by atoms with Crippen LogP contribution in [-0.2, 0) is 22.6 Å². The van der Waals surface area contributed by atoms with Crippen molar-refractivity contribution in [2.45, 2.75) is 57.9 Å². The molecule has 3 amide bonds. The summed E-state index contributed by atoms with van der Waals surface area (Å²) in [5, 5.41) is 13.8. The predicted molar refractivity (Wildman–Crippen MR) is 141 cm³/mol. The predicted octanol–water partition coefficient (Wildman–Crippen LogP) is 1.84. The van der Waals surface area contributed by atoms with Crippen molar-refractivity contribution in [3.8, 4) is 0 Å². The number of aryl methyl sites for hydroxylation is 1. The molecule has 1 aromatic carbocycles. The van der Waals surface area contributed by atoms with E-state index in [9.17, 15) is 14.4 Å². The molecular formula is C29H37N5O4. The quantitative estimate of drug-likeness (QED) is 0.650. The van der Waals surface area contributed by atoms with E-state index in [0.717, 1.165) is 50.0 Å². The molecule has 9 heteroatoms. The van der Waals surface area contributed by atoms with Gasteiger partial charge in [0.25, 0.3) is 5.91 Å². The highest BCUT2D eigenvalue weighted by Gasteiger charge is 2.50. The number of carbonyl (C=O) groups excluding carboxylic acids is 3. The first kappa shape index (κ1) is 25.1. The molecule has 4 aliphatic rings. The second-order valence-corrected chi connectivity index (χ2v) is 11.4. The Labute approximate surface area is 223 Å². The van der Waals surface area contributed by atoms with Crippen LogP contribution in [0.1, 0.15) is 69.5 Å². The fraction of sp³-hybridized carbons (Fsp3) is 0.586. The van der Waals surface area contributed by atoms with Crippen LogP contribution < -0.4 is 0 Å². The van der Waals surface area contributed by atoms with Gasteiger partial charge in [-0.15, -0.1) is 0 Å². The number of hydrogen-bond donors (Lipinski definition) is 1. The third-order valence-electron chi connectivity index (χ3n) is 9.32. The van der Waals surface area contributed by atoms with Gasteiger partial charge >= 0.3 is 0 Å². The maximum absolute atomic E-state index is 13.5. The number of nitrogens with zero attached hydrogens (tertiary/aromatic N) is 5. The van der Waals surface area contributed by atoms with Gasteiger partial charge in [-0.1, -0.05) is 18.2 Å². The Morgan fingerprint density at radius 1 is 0.947 bits per heavy atom. The van der Waals surface area contributed by atoms with E-state index in [1.54, 1.807) is 14.5 Å². The number of carbonyl (C=O) groups is 3. The molecule has 3 heterocycles. The molecule has 0 unspecified atom stereocenters. The Morgan fingerprint density at radius 2 is 1.63 bits per heavy atom.